The van der Waals surface area contributed by atoms with Gasteiger partial charge in [-0.15, -0.1) is 10.2 Å². The molecule has 0 unspecified atom stereocenters. The van der Waals surface area contributed by atoms with E-state index in [0.717, 1.165) is 11.3 Å². The second-order valence-electron chi connectivity index (χ2n) is 5.20. The van der Waals surface area contributed by atoms with E-state index in [1.807, 2.05) is 30.3 Å². The highest BCUT2D eigenvalue weighted by molar-refractivity contribution is 7.99. The molecule has 0 saturated carbocycles. The lowest BCUT2D eigenvalue weighted by molar-refractivity contribution is 0.0435. The summed E-state index contributed by atoms with van der Waals surface area (Å²) in [7, 11) is 0. The Kier molecular flexibility index (Phi) is 4.06. The Bertz CT molecular complexity index is 983. The Labute approximate surface area is 145 Å². The standard InChI is InChI=1S/C16H12N4O4S/c21-14-11(8-17-16-20(14)6-7-25-16)15(22)23-9-12-18-19-13(24-12)10-4-2-1-3-5-10/h1-5,8H,6-7,9H2. The molecule has 0 amide bonds. The van der Waals surface area contributed by atoms with Gasteiger partial charge in [-0.2, -0.15) is 0 Å². The monoisotopic (exact) mass is 356 g/mol. The SMILES string of the molecule is O=C(OCc1nnc(-c2ccccc2)o1)c1cnc2n(c1=O)CCS2. The third-order valence-corrected chi connectivity index (χ3v) is 4.56. The maximum Gasteiger partial charge on any atom is 0.345 e. The predicted molar refractivity (Wildman–Crippen MR) is 88.1 cm³/mol. The highest BCUT2D eigenvalue weighted by Gasteiger charge is 2.21. The summed E-state index contributed by atoms with van der Waals surface area (Å²) in [6, 6.07) is 9.25. The van der Waals surface area contributed by atoms with Gasteiger partial charge in [0.2, 0.25) is 5.89 Å². The fraction of sp³-hybridized carbons (Fsp3) is 0.188. The Morgan fingerprint density at radius 3 is 2.96 bits per heavy atom. The summed E-state index contributed by atoms with van der Waals surface area (Å²) in [5, 5.41) is 8.37. The van der Waals surface area contributed by atoms with Crippen molar-refractivity contribution in [2.24, 2.45) is 0 Å². The van der Waals surface area contributed by atoms with Crippen LogP contribution in [0.15, 0.2) is 50.9 Å². The summed E-state index contributed by atoms with van der Waals surface area (Å²) in [5.74, 6) is 0.495. The summed E-state index contributed by atoms with van der Waals surface area (Å²) in [4.78, 5) is 28.5. The van der Waals surface area contributed by atoms with Gasteiger partial charge in [-0.1, -0.05) is 30.0 Å². The average Bonchev–Trinajstić information content (AvgIpc) is 3.30. The van der Waals surface area contributed by atoms with Crippen LogP contribution in [-0.4, -0.2) is 31.5 Å². The fourth-order valence-corrected chi connectivity index (χ4v) is 3.29. The third kappa shape index (κ3) is 3.05. The third-order valence-electron chi connectivity index (χ3n) is 3.59. The molecule has 0 spiro atoms. The molecule has 0 saturated heterocycles. The van der Waals surface area contributed by atoms with Crippen LogP contribution >= 0.6 is 11.8 Å². The molecule has 126 valence electrons. The number of carbonyl (C=O) groups is 1. The number of ether oxygens (including phenoxy) is 1. The Balaban J connectivity index is 1.46. The summed E-state index contributed by atoms with van der Waals surface area (Å²) in [6.45, 7) is 0.325. The number of thioether (sulfide) groups is 1. The Morgan fingerprint density at radius 2 is 2.12 bits per heavy atom. The lowest BCUT2D eigenvalue weighted by Gasteiger charge is -2.04. The predicted octanol–water partition coefficient (Wildman–Crippen LogP) is 1.76. The summed E-state index contributed by atoms with van der Waals surface area (Å²) in [6.07, 6.45) is 1.25. The van der Waals surface area contributed by atoms with Crippen molar-refractivity contribution in [2.45, 2.75) is 18.3 Å². The van der Waals surface area contributed by atoms with Crippen molar-refractivity contribution < 1.29 is 13.9 Å². The lowest BCUT2D eigenvalue weighted by atomic mass is 10.2. The largest absolute Gasteiger partial charge is 0.452 e. The zero-order valence-electron chi connectivity index (χ0n) is 12.9. The Hall–Kier alpha value is -2.94. The van der Waals surface area contributed by atoms with E-state index in [1.165, 1.54) is 22.5 Å². The maximum absolute atomic E-state index is 12.3. The van der Waals surface area contributed by atoms with Crippen LogP contribution in [0.4, 0.5) is 0 Å². The molecule has 9 heteroatoms. The van der Waals surface area contributed by atoms with Crippen molar-refractivity contribution in [3.63, 3.8) is 0 Å². The van der Waals surface area contributed by atoms with Crippen molar-refractivity contribution in [1.82, 2.24) is 19.7 Å². The molecule has 0 N–H and O–H groups in total. The molecule has 1 aliphatic rings. The number of fused-ring (bicyclic) bond motifs is 1. The molecule has 3 heterocycles. The van der Waals surface area contributed by atoms with E-state index in [9.17, 15) is 9.59 Å². The van der Waals surface area contributed by atoms with Crippen molar-refractivity contribution in [2.75, 3.05) is 5.75 Å². The molecule has 8 nitrogen and oxygen atoms in total. The van der Waals surface area contributed by atoms with Gasteiger partial charge in [0.15, 0.2) is 11.8 Å². The van der Waals surface area contributed by atoms with Crippen LogP contribution < -0.4 is 5.56 Å². The van der Waals surface area contributed by atoms with Gasteiger partial charge in [-0.3, -0.25) is 9.36 Å². The first-order valence-electron chi connectivity index (χ1n) is 7.50. The molecular formula is C16H12N4O4S. The van der Waals surface area contributed by atoms with Crippen molar-refractivity contribution in [3.8, 4) is 11.5 Å². The fourth-order valence-electron chi connectivity index (χ4n) is 2.37. The summed E-state index contributed by atoms with van der Waals surface area (Å²) >= 11 is 1.48. The minimum absolute atomic E-state index is 0.103. The van der Waals surface area contributed by atoms with Gasteiger partial charge >= 0.3 is 5.97 Å². The van der Waals surface area contributed by atoms with E-state index in [1.54, 1.807) is 0 Å². The number of rotatable bonds is 4. The van der Waals surface area contributed by atoms with Crippen LogP contribution in [-0.2, 0) is 17.9 Å². The molecule has 0 fully saturated rings. The Morgan fingerprint density at radius 1 is 1.28 bits per heavy atom. The van der Waals surface area contributed by atoms with Gasteiger partial charge < -0.3 is 9.15 Å². The minimum atomic E-state index is -0.760. The average molecular weight is 356 g/mol. The second-order valence-corrected chi connectivity index (χ2v) is 6.26. The van der Waals surface area contributed by atoms with Gasteiger partial charge in [0, 0.05) is 17.9 Å². The lowest BCUT2D eigenvalue weighted by Crippen LogP contribution is -2.27. The molecule has 0 atom stereocenters. The first kappa shape index (κ1) is 15.6. The smallest absolute Gasteiger partial charge is 0.345 e. The molecule has 0 radical (unpaired) electrons. The second kappa shape index (κ2) is 6.52. The van der Waals surface area contributed by atoms with Crippen LogP contribution in [0.5, 0.6) is 0 Å². The number of carbonyl (C=O) groups excluding carboxylic acids is 1. The molecular weight excluding hydrogens is 344 g/mol. The molecule has 1 aliphatic heterocycles. The van der Waals surface area contributed by atoms with Gasteiger partial charge in [-0.05, 0) is 12.1 Å². The van der Waals surface area contributed by atoms with Gasteiger partial charge in [-0.25, -0.2) is 9.78 Å². The van der Waals surface area contributed by atoms with Gasteiger partial charge in [0.25, 0.3) is 11.4 Å². The van der Waals surface area contributed by atoms with Crippen LogP contribution in [0.2, 0.25) is 0 Å². The van der Waals surface area contributed by atoms with E-state index < -0.39 is 11.5 Å². The molecule has 4 rings (SSSR count). The summed E-state index contributed by atoms with van der Waals surface area (Å²) in [5.41, 5.74) is 0.274. The first-order chi connectivity index (χ1) is 12.2. The molecule has 0 bridgehead atoms. The molecule has 3 aromatic rings. The number of hydrogen-bond donors (Lipinski definition) is 0. The normalized spacial score (nSPS) is 12.8. The van der Waals surface area contributed by atoms with Crippen molar-refractivity contribution >= 4 is 17.7 Å². The van der Waals surface area contributed by atoms with E-state index in [-0.39, 0.29) is 18.1 Å². The molecule has 1 aromatic carbocycles. The van der Waals surface area contributed by atoms with Crippen LogP contribution in [0, 0.1) is 0 Å². The number of hydrogen-bond acceptors (Lipinski definition) is 8. The van der Waals surface area contributed by atoms with Gasteiger partial charge in [0.05, 0.1) is 6.20 Å². The highest BCUT2D eigenvalue weighted by atomic mass is 32.2. The first-order valence-corrected chi connectivity index (χ1v) is 8.48. The molecule has 0 aliphatic carbocycles. The molecule has 25 heavy (non-hydrogen) atoms. The van der Waals surface area contributed by atoms with Crippen LogP contribution in [0.25, 0.3) is 11.5 Å². The number of benzene rings is 1. The maximum atomic E-state index is 12.3. The van der Waals surface area contributed by atoms with E-state index in [4.69, 9.17) is 9.15 Å². The highest BCUT2D eigenvalue weighted by Crippen LogP contribution is 2.21. The zero-order valence-corrected chi connectivity index (χ0v) is 13.7. The zero-order chi connectivity index (χ0) is 17.2. The van der Waals surface area contributed by atoms with Crippen LogP contribution in [0.1, 0.15) is 16.2 Å². The summed E-state index contributed by atoms with van der Waals surface area (Å²) < 4.78 is 12.0. The quantitative estimate of drug-likeness (QED) is 0.515. The van der Waals surface area contributed by atoms with E-state index in [0.29, 0.717) is 17.6 Å². The van der Waals surface area contributed by atoms with Crippen molar-refractivity contribution in [1.29, 1.82) is 0 Å². The van der Waals surface area contributed by atoms with Crippen molar-refractivity contribution in [3.05, 3.63) is 58.3 Å². The number of nitrogens with zero attached hydrogens (tertiary/aromatic N) is 4. The molecule has 2 aromatic heterocycles. The van der Waals surface area contributed by atoms with E-state index >= 15 is 0 Å². The number of esters is 1. The number of aromatic nitrogens is 4. The minimum Gasteiger partial charge on any atom is -0.452 e. The van der Waals surface area contributed by atoms with Crippen LogP contribution in [0.3, 0.4) is 0 Å². The topological polar surface area (TPSA) is 100 Å². The van der Waals surface area contributed by atoms with E-state index in [2.05, 4.69) is 15.2 Å². The van der Waals surface area contributed by atoms with Gasteiger partial charge in [0.1, 0.15) is 5.56 Å².